The maximum absolute atomic E-state index is 14.5. The Morgan fingerprint density at radius 2 is 2.04 bits per heavy atom. The molecule has 136 valence electrons. The van der Waals surface area contributed by atoms with E-state index in [0.29, 0.717) is 26.9 Å². The van der Waals surface area contributed by atoms with Crippen molar-refractivity contribution in [2.45, 2.75) is 19.5 Å². The van der Waals surface area contributed by atoms with Gasteiger partial charge in [0.15, 0.2) is 5.82 Å². The molecule has 2 aromatic carbocycles. The Bertz CT molecular complexity index is 1120. The van der Waals surface area contributed by atoms with Crippen LogP contribution in [0, 0.1) is 5.82 Å². The molecule has 0 fully saturated rings. The number of aromatic amines is 2. The molecule has 0 bridgehead atoms. The zero-order valence-electron chi connectivity index (χ0n) is 14.5. The first-order valence-corrected chi connectivity index (χ1v) is 9.64. The standard InChI is InChI=1S/C20H17BrFN5/c21-13-8-14(22)18-16(9-13)25-26-19(18)20-23-15-6-7-27(11-17(15)24-20)10-12-4-2-1-3-5-12/h1-5,8-9H,6-7,10-11H2,(H,23,24)(H,25,26). The second kappa shape index (κ2) is 6.58. The van der Waals surface area contributed by atoms with Gasteiger partial charge in [0, 0.05) is 30.5 Å². The van der Waals surface area contributed by atoms with E-state index in [1.807, 2.05) is 12.1 Å². The minimum absolute atomic E-state index is 0.316. The normalized spacial score (nSPS) is 14.6. The summed E-state index contributed by atoms with van der Waals surface area (Å²) in [6.07, 6.45) is 0.870. The molecule has 2 aromatic heterocycles. The number of nitrogens with one attached hydrogen (secondary N) is 2. The van der Waals surface area contributed by atoms with E-state index in [9.17, 15) is 4.39 Å². The molecule has 5 nitrogen and oxygen atoms in total. The molecule has 5 rings (SSSR count). The lowest BCUT2D eigenvalue weighted by Crippen LogP contribution is -2.30. The van der Waals surface area contributed by atoms with Gasteiger partial charge in [-0.15, -0.1) is 0 Å². The first-order valence-electron chi connectivity index (χ1n) is 8.85. The molecular weight excluding hydrogens is 409 g/mol. The van der Waals surface area contributed by atoms with Crippen molar-refractivity contribution < 1.29 is 4.39 Å². The molecule has 1 aliphatic heterocycles. The van der Waals surface area contributed by atoms with Gasteiger partial charge >= 0.3 is 0 Å². The molecule has 1 aliphatic rings. The second-order valence-corrected chi connectivity index (χ2v) is 7.75. The number of nitrogens with zero attached hydrogens (tertiary/aromatic N) is 3. The van der Waals surface area contributed by atoms with Crippen LogP contribution >= 0.6 is 15.9 Å². The molecule has 27 heavy (non-hydrogen) atoms. The Balaban J connectivity index is 1.45. The largest absolute Gasteiger partial charge is 0.339 e. The summed E-state index contributed by atoms with van der Waals surface area (Å²) in [6, 6.07) is 13.7. The number of fused-ring (bicyclic) bond motifs is 2. The van der Waals surface area contributed by atoms with Gasteiger partial charge in [0.05, 0.1) is 22.3 Å². The van der Waals surface area contributed by atoms with Gasteiger partial charge < -0.3 is 4.98 Å². The highest BCUT2D eigenvalue weighted by Gasteiger charge is 2.23. The smallest absolute Gasteiger partial charge is 0.159 e. The van der Waals surface area contributed by atoms with Gasteiger partial charge in [0.25, 0.3) is 0 Å². The zero-order valence-corrected chi connectivity index (χ0v) is 16.1. The second-order valence-electron chi connectivity index (χ2n) is 6.84. The molecule has 0 amide bonds. The molecule has 0 atom stereocenters. The van der Waals surface area contributed by atoms with Crippen LogP contribution in [0.15, 0.2) is 46.9 Å². The Hall–Kier alpha value is -2.51. The van der Waals surface area contributed by atoms with Crippen LogP contribution in [0.3, 0.4) is 0 Å². The quantitative estimate of drug-likeness (QED) is 0.510. The van der Waals surface area contributed by atoms with Crippen molar-refractivity contribution >= 4 is 26.8 Å². The van der Waals surface area contributed by atoms with E-state index >= 15 is 0 Å². The van der Waals surface area contributed by atoms with Crippen LogP contribution in [0.5, 0.6) is 0 Å². The number of rotatable bonds is 3. The van der Waals surface area contributed by atoms with Crippen molar-refractivity contribution in [3.63, 3.8) is 0 Å². The van der Waals surface area contributed by atoms with Crippen molar-refractivity contribution in [1.82, 2.24) is 25.1 Å². The maximum atomic E-state index is 14.5. The molecule has 3 heterocycles. The van der Waals surface area contributed by atoms with Gasteiger partial charge in [-0.25, -0.2) is 9.37 Å². The summed E-state index contributed by atoms with van der Waals surface area (Å²) >= 11 is 3.31. The molecule has 0 spiro atoms. The van der Waals surface area contributed by atoms with Crippen LogP contribution in [0.2, 0.25) is 0 Å². The number of aromatic nitrogens is 4. The van der Waals surface area contributed by atoms with Crippen LogP contribution in [-0.4, -0.2) is 31.6 Å². The topological polar surface area (TPSA) is 60.6 Å². The molecule has 0 radical (unpaired) electrons. The van der Waals surface area contributed by atoms with Crippen molar-refractivity contribution in [2.75, 3.05) is 6.54 Å². The minimum atomic E-state index is -0.316. The fourth-order valence-electron chi connectivity index (χ4n) is 3.68. The fraction of sp³-hybridized carbons (Fsp3) is 0.200. The summed E-state index contributed by atoms with van der Waals surface area (Å²) in [4.78, 5) is 10.5. The van der Waals surface area contributed by atoms with Crippen molar-refractivity contribution in [1.29, 1.82) is 0 Å². The average Bonchev–Trinajstić information content (AvgIpc) is 3.26. The summed E-state index contributed by atoms with van der Waals surface area (Å²) in [7, 11) is 0. The molecule has 0 unspecified atom stereocenters. The van der Waals surface area contributed by atoms with Crippen LogP contribution in [0.4, 0.5) is 4.39 Å². The number of H-pyrrole nitrogens is 2. The lowest BCUT2D eigenvalue weighted by Gasteiger charge is -2.25. The third kappa shape index (κ3) is 3.07. The molecule has 4 aromatic rings. The minimum Gasteiger partial charge on any atom is -0.339 e. The zero-order chi connectivity index (χ0) is 18.4. The van der Waals surface area contributed by atoms with Crippen molar-refractivity contribution in [3.8, 4) is 11.5 Å². The van der Waals surface area contributed by atoms with Gasteiger partial charge in [-0.2, -0.15) is 5.10 Å². The third-order valence-electron chi connectivity index (χ3n) is 4.96. The molecule has 0 saturated heterocycles. The highest BCUT2D eigenvalue weighted by Crippen LogP contribution is 2.31. The molecule has 0 saturated carbocycles. The first kappa shape index (κ1) is 16.6. The number of hydrogen-bond acceptors (Lipinski definition) is 3. The van der Waals surface area contributed by atoms with E-state index in [0.717, 1.165) is 37.4 Å². The van der Waals surface area contributed by atoms with E-state index in [1.54, 1.807) is 0 Å². The Labute approximate surface area is 163 Å². The van der Waals surface area contributed by atoms with Crippen LogP contribution in [-0.2, 0) is 19.5 Å². The predicted octanol–water partition coefficient (Wildman–Crippen LogP) is 4.41. The summed E-state index contributed by atoms with van der Waals surface area (Å²) in [5, 5.41) is 7.67. The lowest BCUT2D eigenvalue weighted by molar-refractivity contribution is 0.241. The molecule has 0 aliphatic carbocycles. The van der Waals surface area contributed by atoms with Gasteiger partial charge in [-0.1, -0.05) is 46.3 Å². The maximum Gasteiger partial charge on any atom is 0.159 e. The van der Waals surface area contributed by atoms with Gasteiger partial charge in [-0.05, 0) is 17.7 Å². The van der Waals surface area contributed by atoms with Gasteiger partial charge in [0.1, 0.15) is 11.5 Å². The Kier molecular flexibility index (Phi) is 4.06. The van der Waals surface area contributed by atoms with Crippen LogP contribution in [0.25, 0.3) is 22.4 Å². The predicted molar refractivity (Wildman–Crippen MR) is 106 cm³/mol. The highest BCUT2D eigenvalue weighted by molar-refractivity contribution is 9.10. The van der Waals surface area contributed by atoms with E-state index in [2.05, 4.69) is 60.3 Å². The summed E-state index contributed by atoms with van der Waals surface area (Å²) in [6.45, 7) is 2.66. The number of hydrogen-bond donors (Lipinski definition) is 2. The summed E-state index contributed by atoms with van der Waals surface area (Å²) in [5.41, 5.74) is 4.60. The van der Waals surface area contributed by atoms with E-state index < -0.39 is 0 Å². The van der Waals surface area contributed by atoms with Crippen molar-refractivity contribution in [3.05, 3.63) is 69.7 Å². The molecular formula is C20H17BrFN5. The summed E-state index contributed by atoms with van der Waals surface area (Å²) in [5.74, 6) is 0.303. The van der Waals surface area contributed by atoms with Gasteiger partial charge in [0.2, 0.25) is 0 Å². The van der Waals surface area contributed by atoms with Crippen LogP contribution in [0.1, 0.15) is 17.0 Å². The fourth-order valence-corrected chi connectivity index (χ4v) is 4.11. The number of imidazole rings is 1. The molecule has 7 heteroatoms. The number of halogens is 2. The Morgan fingerprint density at radius 3 is 2.89 bits per heavy atom. The third-order valence-corrected chi connectivity index (χ3v) is 5.42. The first-order chi connectivity index (χ1) is 13.2. The van der Waals surface area contributed by atoms with E-state index in [-0.39, 0.29) is 5.82 Å². The number of benzene rings is 2. The summed E-state index contributed by atoms with van der Waals surface area (Å²) < 4.78 is 15.2. The average molecular weight is 426 g/mol. The van der Waals surface area contributed by atoms with Crippen molar-refractivity contribution in [2.24, 2.45) is 0 Å². The highest BCUT2D eigenvalue weighted by atomic mass is 79.9. The lowest BCUT2D eigenvalue weighted by atomic mass is 10.1. The van der Waals surface area contributed by atoms with Gasteiger partial charge in [-0.3, -0.25) is 10.00 Å². The van der Waals surface area contributed by atoms with E-state index in [4.69, 9.17) is 4.98 Å². The Morgan fingerprint density at radius 1 is 1.19 bits per heavy atom. The SMILES string of the molecule is Fc1cc(Br)cc2[nH]nc(-c3nc4c([nH]3)CN(Cc3ccccc3)CC4)c12. The molecule has 2 N–H and O–H groups in total. The van der Waals surface area contributed by atoms with E-state index in [1.165, 1.54) is 11.6 Å². The monoisotopic (exact) mass is 425 g/mol. The van der Waals surface area contributed by atoms with Crippen LogP contribution < -0.4 is 0 Å².